The highest BCUT2D eigenvalue weighted by atomic mass is 16.2. The summed E-state index contributed by atoms with van der Waals surface area (Å²) in [6.45, 7) is 11.4. The summed E-state index contributed by atoms with van der Waals surface area (Å²) in [5.74, 6) is 1.31. The van der Waals surface area contributed by atoms with Crippen LogP contribution in [0.25, 0.3) is 44.8 Å². The van der Waals surface area contributed by atoms with Gasteiger partial charge in [-0.05, 0) is 50.5 Å². The summed E-state index contributed by atoms with van der Waals surface area (Å²) in [6, 6.07) is 19.2. The van der Waals surface area contributed by atoms with Gasteiger partial charge in [0.2, 0.25) is 0 Å². The van der Waals surface area contributed by atoms with Crippen LogP contribution in [0.1, 0.15) is 20.7 Å². The second-order valence-electron chi connectivity index (χ2n) is 13.0. The Morgan fingerprint density at radius 1 is 0.604 bits per heavy atom. The molecule has 12 nitrogen and oxygen atoms in total. The molecule has 2 aliphatic heterocycles. The number of rotatable bonds is 10. The molecule has 4 N–H and O–H groups in total. The van der Waals surface area contributed by atoms with Crippen LogP contribution >= 0.6 is 0 Å². The maximum Gasteiger partial charge on any atom is 0.251 e. The third-order valence-corrected chi connectivity index (χ3v) is 9.54. The molecule has 2 saturated heterocycles. The largest absolute Gasteiger partial charge is 0.351 e. The van der Waals surface area contributed by atoms with E-state index >= 15 is 0 Å². The van der Waals surface area contributed by atoms with Crippen molar-refractivity contribution in [3.05, 3.63) is 71.8 Å². The first-order chi connectivity index (χ1) is 23.4. The van der Waals surface area contributed by atoms with Crippen LogP contribution in [-0.2, 0) is 0 Å². The molecule has 2 fully saturated rings. The Balaban J connectivity index is 0.958. The van der Waals surface area contributed by atoms with Gasteiger partial charge >= 0.3 is 0 Å². The molecule has 2 aliphatic rings. The van der Waals surface area contributed by atoms with E-state index in [0.29, 0.717) is 24.2 Å². The zero-order chi connectivity index (χ0) is 33.0. The highest BCUT2D eigenvalue weighted by Crippen LogP contribution is 2.26. The zero-order valence-corrected chi connectivity index (χ0v) is 27.8. The monoisotopic (exact) mass is 648 g/mol. The number of H-pyrrole nitrogens is 2. The van der Waals surface area contributed by atoms with E-state index in [9.17, 15) is 9.59 Å². The molecule has 48 heavy (non-hydrogen) atoms. The molecule has 4 heterocycles. The molecule has 0 atom stereocenters. The predicted molar refractivity (Wildman–Crippen MR) is 189 cm³/mol. The molecule has 0 saturated carbocycles. The van der Waals surface area contributed by atoms with Gasteiger partial charge in [0, 0.05) is 101 Å². The van der Waals surface area contributed by atoms with E-state index in [2.05, 4.69) is 54.3 Å². The average molecular weight is 649 g/mol. The summed E-state index contributed by atoms with van der Waals surface area (Å²) >= 11 is 0. The van der Waals surface area contributed by atoms with Gasteiger partial charge in [-0.2, -0.15) is 0 Å². The molecule has 0 unspecified atom stereocenters. The molecule has 0 bridgehead atoms. The lowest BCUT2D eigenvalue weighted by atomic mass is 10.1. The van der Waals surface area contributed by atoms with Gasteiger partial charge in [-0.1, -0.05) is 24.3 Å². The second kappa shape index (κ2) is 14.2. The maximum atomic E-state index is 12.8. The molecule has 5 aromatic rings. The number of aromatic amines is 2. The van der Waals surface area contributed by atoms with Gasteiger partial charge in [0.15, 0.2) is 0 Å². The second-order valence-corrected chi connectivity index (χ2v) is 13.0. The molecule has 0 radical (unpaired) electrons. The van der Waals surface area contributed by atoms with E-state index in [0.717, 1.165) is 110 Å². The van der Waals surface area contributed by atoms with Crippen molar-refractivity contribution in [3.8, 4) is 22.8 Å². The van der Waals surface area contributed by atoms with Crippen molar-refractivity contribution in [2.75, 3.05) is 92.6 Å². The third kappa shape index (κ3) is 7.42. The van der Waals surface area contributed by atoms with Crippen molar-refractivity contribution < 1.29 is 9.59 Å². The molecule has 12 heteroatoms. The van der Waals surface area contributed by atoms with Gasteiger partial charge in [0.25, 0.3) is 11.8 Å². The number of hydrogen-bond acceptors (Lipinski definition) is 8. The van der Waals surface area contributed by atoms with Crippen LogP contribution in [0.3, 0.4) is 0 Å². The summed E-state index contributed by atoms with van der Waals surface area (Å²) < 4.78 is 0. The number of nitrogens with zero attached hydrogens (tertiary/aromatic N) is 6. The summed E-state index contributed by atoms with van der Waals surface area (Å²) in [5.41, 5.74) is 6.33. The van der Waals surface area contributed by atoms with E-state index in [1.165, 1.54) is 0 Å². The van der Waals surface area contributed by atoms with Crippen molar-refractivity contribution >= 4 is 33.9 Å². The zero-order valence-electron chi connectivity index (χ0n) is 27.8. The number of imidazole rings is 2. The standard InChI is InChI=1S/C36H44N10O2/c1-43-15-19-45(20-16-43)13-11-37-35(47)27-7-9-29-31(23-27)41-33(39-29)25-3-5-26(6-4-25)34-40-30-10-8-28(24-32(30)42-34)36(48)38-12-14-46-21-17-44(2)18-22-46/h3-10,23-24H,11-22H2,1-2H3,(H,37,47)(H,38,48)(H,39,41)(H,40,42). The lowest BCUT2D eigenvalue weighted by Crippen LogP contribution is -2.46. The molecular formula is C36H44N10O2. The van der Waals surface area contributed by atoms with Gasteiger partial charge < -0.3 is 30.4 Å². The molecule has 2 aromatic heterocycles. The lowest BCUT2D eigenvalue weighted by molar-refractivity contribution is 0.0933. The Morgan fingerprint density at radius 2 is 1.00 bits per heavy atom. The van der Waals surface area contributed by atoms with Crippen molar-refractivity contribution in [1.29, 1.82) is 0 Å². The topological polar surface area (TPSA) is 129 Å². The number of nitrogens with one attached hydrogen (secondary N) is 4. The first-order valence-electron chi connectivity index (χ1n) is 16.9. The minimum Gasteiger partial charge on any atom is -0.351 e. The van der Waals surface area contributed by atoms with Crippen molar-refractivity contribution in [1.82, 2.24) is 50.2 Å². The van der Waals surface area contributed by atoms with Crippen LogP contribution in [0.4, 0.5) is 0 Å². The third-order valence-electron chi connectivity index (χ3n) is 9.54. The summed E-state index contributed by atoms with van der Waals surface area (Å²) in [6.07, 6.45) is 0. The number of carbonyl (C=O) groups excluding carboxylic acids is 2. The van der Waals surface area contributed by atoms with E-state index in [-0.39, 0.29) is 11.8 Å². The number of likely N-dealkylation sites (N-methyl/N-ethyl adjacent to an activating group) is 2. The maximum absolute atomic E-state index is 12.8. The highest BCUT2D eigenvalue weighted by molar-refractivity contribution is 5.98. The summed E-state index contributed by atoms with van der Waals surface area (Å²) in [4.78, 5) is 51.4. The van der Waals surface area contributed by atoms with E-state index < -0.39 is 0 Å². The SMILES string of the molecule is CN1CCN(CCNC(=O)c2ccc3nc(-c4ccc(-c5nc6ccc(C(=O)NCCN7CCN(C)CC7)cc6[nH]5)cc4)[nH]c3c2)CC1. The number of fused-ring (bicyclic) bond motifs is 2. The average Bonchev–Trinajstić information content (AvgIpc) is 3.74. The Kier molecular flexibility index (Phi) is 9.48. The first-order valence-corrected chi connectivity index (χ1v) is 16.9. The number of piperazine rings is 2. The minimum absolute atomic E-state index is 0.0775. The number of benzene rings is 3. The first kappa shape index (κ1) is 32.0. The Hall–Kier alpha value is -4.62. The van der Waals surface area contributed by atoms with Crippen LogP contribution in [0.2, 0.25) is 0 Å². The number of amides is 2. The van der Waals surface area contributed by atoms with Crippen molar-refractivity contribution in [2.24, 2.45) is 0 Å². The van der Waals surface area contributed by atoms with Crippen LogP contribution in [0.5, 0.6) is 0 Å². The number of hydrogen-bond donors (Lipinski definition) is 4. The number of aromatic nitrogens is 4. The van der Waals surface area contributed by atoms with Gasteiger partial charge in [0.05, 0.1) is 22.1 Å². The summed E-state index contributed by atoms with van der Waals surface area (Å²) in [7, 11) is 4.29. The van der Waals surface area contributed by atoms with Crippen molar-refractivity contribution in [3.63, 3.8) is 0 Å². The molecule has 7 rings (SSSR count). The fraction of sp³-hybridized carbons (Fsp3) is 0.389. The van der Waals surface area contributed by atoms with Crippen LogP contribution < -0.4 is 10.6 Å². The Morgan fingerprint density at radius 3 is 1.40 bits per heavy atom. The molecule has 0 spiro atoms. The van der Waals surface area contributed by atoms with Gasteiger partial charge in [-0.25, -0.2) is 9.97 Å². The molecule has 0 aliphatic carbocycles. The number of carbonyl (C=O) groups is 2. The molecular weight excluding hydrogens is 604 g/mol. The van der Waals surface area contributed by atoms with Gasteiger partial charge in [0.1, 0.15) is 11.6 Å². The highest BCUT2D eigenvalue weighted by Gasteiger charge is 2.16. The van der Waals surface area contributed by atoms with Crippen molar-refractivity contribution in [2.45, 2.75) is 0 Å². The normalized spacial score (nSPS) is 16.9. The minimum atomic E-state index is -0.0775. The van der Waals surface area contributed by atoms with Crippen LogP contribution in [0.15, 0.2) is 60.7 Å². The fourth-order valence-corrected chi connectivity index (χ4v) is 6.36. The quantitative estimate of drug-likeness (QED) is 0.182. The Bertz CT molecular complexity index is 1750. The molecule has 2 amide bonds. The molecule has 3 aromatic carbocycles. The predicted octanol–water partition coefficient (Wildman–Crippen LogP) is 2.73. The van der Waals surface area contributed by atoms with E-state index in [4.69, 9.17) is 9.97 Å². The van der Waals surface area contributed by atoms with Crippen LogP contribution in [0, 0.1) is 0 Å². The lowest BCUT2D eigenvalue weighted by Gasteiger charge is -2.32. The van der Waals surface area contributed by atoms with Crippen LogP contribution in [-0.4, -0.2) is 144 Å². The Labute approximate surface area is 280 Å². The summed E-state index contributed by atoms with van der Waals surface area (Å²) in [5, 5.41) is 6.12. The van der Waals surface area contributed by atoms with E-state index in [1.54, 1.807) is 0 Å². The van der Waals surface area contributed by atoms with Gasteiger partial charge in [-0.3, -0.25) is 19.4 Å². The fourth-order valence-electron chi connectivity index (χ4n) is 6.36. The smallest absolute Gasteiger partial charge is 0.251 e. The van der Waals surface area contributed by atoms with Gasteiger partial charge in [-0.15, -0.1) is 0 Å². The molecule has 250 valence electrons. The van der Waals surface area contributed by atoms with E-state index in [1.807, 2.05) is 60.7 Å².